The Kier molecular flexibility index (Phi) is 4.08. The molecule has 1 aliphatic heterocycles. The minimum atomic E-state index is -0.822. The maximum Gasteiger partial charge on any atom is 0.311 e. The highest BCUT2D eigenvalue weighted by Gasteiger charge is 2.37. The highest BCUT2D eigenvalue weighted by Crippen LogP contribution is 2.39. The van der Waals surface area contributed by atoms with Crippen LogP contribution in [0.1, 0.15) is 52.0 Å². The minimum Gasteiger partial charge on any atom is -0.481 e. The summed E-state index contributed by atoms with van der Waals surface area (Å²) in [4.78, 5) is 25.9. The molecule has 4 heteroatoms. The van der Waals surface area contributed by atoms with E-state index < -0.39 is 11.9 Å². The lowest BCUT2D eigenvalue weighted by Crippen LogP contribution is -2.45. The molecule has 1 aliphatic rings. The van der Waals surface area contributed by atoms with E-state index in [1.807, 2.05) is 52.0 Å². The summed E-state index contributed by atoms with van der Waals surface area (Å²) in [5.74, 6) is -1.29. The van der Waals surface area contributed by atoms with Crippen LogP contribution in [0.3, 0.4) is 0 Å². The van der Waals surface area contributed by atoms with Crippen LogP contribution in [0.25, 0.3) is 0 Å². The number of carbonyl (C=O) groups excluding carboxylic acids is 1. The molecule has 0 aliphatic carbocycles. The van der Waals surface area contributed by atoms with E-state index in [4.69, 9.17) is 0 Å². The first-order valence-electron chi connectivity index (χ1n) is 7.34. The number of hydrogen-bond donors (Lipinski definition) is 1. The molecule has 2 atom stereocenters. The van der Waals surface area contributed by atoms with Crippen molar-refractivity contribution in [3.8, 4) is 0 Å². The molecule has 114 valence electrons. The third-order valence-corrected chi connectivity index (χ3v) is 3.84. The zero-order valence-corrected chi connectivity index (χ0v) is 13.1. The van der Waals surface area contributed by atoms with E-state index in [2.05, 4.69) is 0 Å². The molecule has 1 aromatic rings. The maximum atomic E-state index is 12.6. The normalized spacial score (nSPS) is 21.8. The van der Waals surface area contributed by atoms with Crippen molar-refractivity contribution in [2.45, 2.75) is 52.5 Å². The van der Waals surface area contributed by atoms with Crippen molar-refractivity contribution in [1.82, 2.24) is 0 Å². The van der Waals surface area contributed by atoms with Crippen LogP contribution in [0.2, 0.25) is 0 Å². The summed E-state index contributed by atoms with van der Waals surface area (Å²) < 4.78 is 0. The molecular formula is C17H23NO3. The van der Waals surface area contributed by atoms with Crippen LogP contribution >= 0.6 is 0 Å². The zero-order chi connectivity index (χ0) is 15.8. The molecule has 4 nitrogen and oxygen atoms in total. The summed E-state index contributed by atoms with van der Waals surface area (Å²) in [6, 6.07) is 7.25. The van der Waals surface area contributed by atoms with Crippen molar-refractivity contribution in [1.29, 1.82) is 0 Å². The summed E-state index contributed by atoms with van der Waals surface area (Å²) in [7, 11) is 0. The van der Waals surface area contributed by atoms with Gasteiger partial charge in [0.05, 0.1) is 5.92 Å². The Bertz CT molecular complexity index is 559. The molecule has 21 heavy (non-hydrogen) atoms. The van der Waals surface area contributed by atoms with Gasteiger partial charge in [-0.1, -0.05) is 39.0 Å². The first kappa shape index (κ1) is 15.5. The van der Waals surface area contributed by atoms with Crippen molar-refractivity contribution in [2.75, 3.05) is 4.90 Å². The summed E-state index contributed by atoms with van der Waals surface area (Å²) >= 11 is 0. The number of carboxylic acid groups (broad SMARTS) is 1. The Morgan fingerprint density at radius 2 is 1.90 bits per heavy atom. The van der Waals surface area contributed by atoms with E-state index in [-0.39, 0.29) is 17.4 Å². The fourth-order valence-corrected chi connectivity index (χ4v) is 2.97. The fourth-order valence-electron chi connectivity index (χ4n) is 2.97. The molecule has 0 fully saturated rings. The summed E-state index contributed by atoms with van der Waals surface area (Å²) in [6.07, 6.45) is 0.908. The van der Waals surface area contributed by atoms with Gasteiger partial charge in [-0.2, -0.15) is 0 Å². The number of hydrogen-bond acceptors (Lipinski definition) is 2. The van der Waals surface area contributed by atoms with Crippen LogP contribution < -0.4 is 4.90 Å². The van der Waals surface area contributed by atoms with E-state index >= 15 is 0 Å². The smallest absolute Gasteiger partial charge is 0.311 e. The lowest BCUT2D eigenvalue weighted by atomic mass is 9.84. The van der Waals surface area contributed by atoms with E-state index in [0.717, 1.165) is 11.3 Å². The molecule has 0 bridgehead atoms. The lowest BCUT2D eigenvalue weighted by molar-refractivity contribution is -0.139. The zero-order valence-electron chi connectivity index (χ0n) is 13.1. The Balaban J connectivity index is 2.41. The second kappa shape index (κ2) is 5.51. The third kappa shape index (κ3) is 3.26. The van der Waals surface area contributed by atoms with Crippen molar-refractivity contribution in [3.05, 3.63) is 29.8 Å². The Hall–Kier alpha value is -1.84. The van der Waals surface area contributed by atoms with Gasteiger partial charge in [-0.25, -0.2) is 0 Å². The summed E-state index contributed by atoms with van der Waals surface area (Å²) in [6.45, 7) is 8.02. The van der Waals surface area contributed by atoms with Gasteiger partial charge in [0.15, 0.2) is 0 Å². The molecule has 0 aromatic heterocycles. The van der Waals surface area contributed by atoms with Gasteiger partial charge in [-0.3, -0.25) is 9.59 Å². The van der Waals surface area contributed by atoms with Crippen LogP contribution in [0.15, 0.2) is 24.3 Å². The van der Waals surface area contributed by atoms with Gasteiger partial charge in [-0.05, 0) is 30.4 Å². The molecule has 2 rings (SSSR count). The van der Waals surface area contributed by atoms with Crippen molar-refractivity contribution >= 4 is 17.6 Å². The number of nitrogens with zero attached hydrogens (tertiary/aromatic N) is 1. The number of aliphatic carboxylic acids is 1. The third-order valence-electron chi connectivity index (χ3n) is 3.84. The second-order valence-electron chi connectivity index (χ2n) is 7.04. The average Bonchev–Trinajstić information content (AvgIpc) is 2.35. The quantitative estimate of drug-likeness (QED) is 0.907. The molecule has 2 unspecified atom stereocenters. The van der Waals surface area contributed by atoms with E-state index in [1.54, 1.807) is 4.90 Å². The van der Waals surface area contributed by atoms with Gasteiger partial charge in [0.25, 0.3) is 0 Å². The number of para-hydroxylation sites is 1. The maximum absolute atomic E-state index is 12.6. The first-order valence-corrected chi connectivity index (χ1v) is 7.34. The predicted molar refractivity (Wildman–Crippen MR) is 82.5 cm³/mol. The monoisotopic (exact) mass is 289 g/mol. The minimum absolute atomic E-state index is 0.0614. The number of amides is 1. The highest BCUT2D eigenvalue weighted by molar-refractivity contribution is 5.97. The van der Waals surface area contributed by atoms with E-state index in [0.29, 0.717) is 12.8 Å². The largest absolute Gasteiger partial charge is 0.481 e. The van der Waals surface area contributed by atoms with Crippen LogP contribution in [0.5, 0.6) is 0 Å². The van der Waals surface area contributed by atoms with Crippen LogP contribution in [0.4, 0.5) is 5.69 Å². The topological polar surface area (TPSA) is 57.6 Å². The van der Waals surface area contributed by atoms with Crippen molar-refractivity contribution < 1.29 is 14.7 Å². The van der Waals surface area contributed by atoms with Crippen molar-refractivity contribution in [3.63, 3.8) is 0 Å². The van der Waals surface area contributed by atoms with Gasteiger partial charge in [0, 0.05) is 18.2 Å². The first-order chi connectivity index (χ1) is 9.70. The predicted octanol–water partition coefficient (Wildman–Crippen LogP) is 3.42. The van der Waals surface area contributed by atoms with Crippen LogP contribution in [-0.4, -0.2) is 23.0 Å². The number of benzene rings is 1. The molecule has 1 N–H and O–H groups in total. The standard InChI is InChI=1S/C17H23NO3/c1-11-9-13(16(20)21)12-7-5-6-8-14(12)18(11)15(19)10-17(2,3)4/h5-8,11,13H,9-10H2,1-4H3,(H,20,21). The Morgan fingerprint density at radius 1 is 1.29 bits per heavy atom. The van der Waals surface area contributed by atoms with E-state index in [1.165, 1.54) is 0 Å². The number of fused-ring (bicyclic) bond motifs is 1. The molecule has 1 aromatic carbocycles. The van der Waals surface area contributed by atoms with Gasteiger partial charge >= 0.3 is 5.97 Å². The molecule has 0 saturated carbocycles. The van der Waals surface area contributed by atoms with Crippen LogP contribution in [0, 0.1) is 5.41 Å². The number of anilines is 1. The van der Waals surface area contributed by atoms with Gasteiger partial charge < -0.3 is 10.0 Å². The lowest BCUT2D eigenvalue weighted by Gasteiger charge is -2.39. The second-order valence-corrected chi connectivity index (χ2v) is 7.04. The number of carbonyl (C=O) groups is 2. The summed E-state index contributed by atoms with van der Waals surface area (Å²) in [5, 5.41) is 9.41. The van der Waals surface area contributed by atoms with Crippen LogP contribution in [-0.2, 0) is 9.59 Å². The Labute approximate surface area is 125 Å². The number of rotatable bonds is 2. The Morgan fingerprint density at radius 3 is 2.48 bits per heavy atom. The molecule has 1 amide bonds. The highest BCUT2D eigenvalue weighted by atomic mass is 16.4. The fraction of sp³-hybridized carbons (Fsp3) is 0.529. The molecular weight excluding hydrogens is 266 g/mol. The van der Waals surface area contributed by atoms with Gasteiger partial charge in [-0.15, -0.1) is 0 Å². The molecule has 1 heterocycles. The average molecular weight is 289 g/mol. The SMILES string of the molecule is CC1CC(C(=O)O)c2ccccc2N1C(=O)CC(C)(C)C. The van der Waals surface area contributed by atoms with Crippen molar-refractivity contribution in [2.24, 2.45) is 5.41 Å². The molecule has 0 spiro atoms. The van der Waals surface area contributed by atoms with Gasteiger partial charge in [0.1, 0.15) is 0 Å². The number of carboxylic acids is 1. The summed E-state index contributed by atoms with van der Waals surface area (Å²) in [5.41, 5.74) is 1.40. The molecule has 0 radical (unpaired) electrons. The van der Waals surface area contributed by atoms with Gasteiger partial charge in [0.2, 0.25) is 5.91 Å². The molecule has 0 saturated heterocycles. The van der Waals surface area contributed by atoms with E-state index in [9.17, 15) is 14.7 Å².